The Bertz CT molecular complexity index is 459. The monoisotopic (exact) mass is 359 g/mol. The van der Waals surface area contributed by atoms with Gasteiger partial charge in [-0.25, -0.2) is 5.48 Å². The molecule has 1 aliphatic rings. The van der Waals surface area contributed by atoms with E-state index >= 15 is 0 Å². The number of amides is 3. The van der Waals surface area contributed by atoms with Crippen LogP contribution in [0.25, 0.3) is 0 Å². The standard InChI is InChI=1S/C16H29N3O6/c1-3-4-6-11(13(20)15(22)18-24)16(23)19-9-5-7-12(19)14(21)17-8-10-25-2/h11-13,20,24H,3-10H2,1-2H3,(H,17,21)(H,18,22). The number of hydroxylamine groups is 1. The highest BCUT2D eigenvalue weighted by atomic mass is 16.5. The van der Waals surface area contributed by atoms with Crippen LogP contribution in [0.5, 0.6) is 0 Å². The number of hydrogen-bond donors (Lipinski definition) is 4. The number of hydrogen-bond acceptors (Lipinski definition) is 6. The summed E-state index contributed by atoms with van der Waals surface area (Å²) in [5.74, 6) is -2.71. The third-order valence-electron chi connectivity index (χ3n) is 4.39. The molecule has 0 saturated carbocycles. The van der Waals surface area contributed by atoms with E-state index in [1.54, 1.807) is 0 Å². The van der Waals surface area contributed by atoms with Gasteiger partial charge in [0, 0.05) is 20.2 Å². The van der Waals surface area contributed by atoms with Crippen LogP contribution in [0, 0.1) is 5.92 Å². The molecule has 1 saturated heterocycles. The minimum absolute atomic E-state index is 0.266. The lowest BCUT2D eigenvalue weighted by atomic mass is 9.93. The van der Waals surface area contributed by atoms with E-state index in [4.69, 9.17) is 9.94 Å². The minimum Gasteiger partial charge on any atom is -0.383 e. The molecule has 1 fully saturated rings. The van der Waals surface area contributed by atoms with Crippen molar-refractivity contribution in [3.05, 3.63) is 0 Å². The second kappa shape index (κ2) is 11.0. The van der Waals surface area contributed by atoms with Gasteiger partial charge in [0.25, 0.3) is 5.91 Å². The first-order chi connectivity index (χ1) is 12.0. The first-order valence-corrected chi connectivity index (χ1v) is 8.67. The average Bonchev–Trinajstić information content (AvgIpc) is 3.10. The van der Waals surface area contributed by atoms with Crippen LogP contribution in [0.3, 0.4) is 0 Å². The maximum absolute atomic E-state index is 12.9. The summed E-state index contributed by atoms with van der Waals surface area (Å²) >= 11 is 0. The summed E-state index contributed by atoms with van der Waals surface area (Å²) in [5.41, 5.74) is 1.38. The summed E-state index contributed by atoms with van der Waals surface area (Å²) in [5, 5.41) is 21.5. The van der Waals surface area contributed by atoms with Crippen LogP contribution in [-0.4, -0.2) is 71.9 Å². The Morgan fingerprint density at radius 3 is 2.68 bits per heavy atom. The Morgan fingerprint density at radius 2 is 2.08 bits per heavy atom. The molecular formula is C16H29N3O6. The molecule has 0 radical (unpaired) electrons. The third kappa shape index (κ3) is 5.94. The molecule has 25 heavy (non-hydrogen) atoms. The van der Waals surface area contributed by atoms with Crippen LogP contribution in [0.4, 0.5) is 0 Å². The van der Waals surface area contributed by atoms with E-state index in [1.807, 2.05) is 6.92 Å². The lowest BCUT2D eigenvalue weighted by molar-refractivity contribution is -0.152. The SMILES string of the molecule is CCCCC(C(=O)N1CCCC1C(=O)NCCOC)C(O)C(=O)NO. The summed E-state index contributed by atoms with van der Waals surface area (Å²) in [6.07, 6.45) is 1.30. The number of ether oxygens (including phenoxy) is 1. The fourth-order valence-electron chi connectivity index (χ4n) is 3.00. The van der Waals surface area contributed by atoms with Crippen LogP contribution >= 0.6 is 0 Å². The molecule has 0 aliphatic carbocycles. The van der Waals surface area contributed by atoms with Crippen LogP contribution in [0.15, 0.2) is 0 Å². The number of aliphatic hydroxyl groups excluding tert-OH is 1. The van der Waals surface area contributed by atoms with Crippen LogP contribution in [0.2, 0.25) is 0 Å². The molecule has 0 spiro atoms. The molecule has 3 unspecified atom stereocenters. The Kier molecular flexibility index (Phi) is 9.40. The van der Waals surface area contributed by atoms with Gasteiger partial charge in [0.2, 0.25) is 11.8 Å². The first kappa shape index (κ1) is 21.3. The van der Waals surface area contributed by atoms with Gasteiger partial charge in [-0.3, -0.25) is 19.6 Å². The molecule has 9 nitrogen and oxygen atoms in total. The topological polar surface area (TPSA) is 128 Å². The predicted octanol–water partition coefficient (Wildman–Crippen LogP) is -0.587. The van der Waals surface area contributed by atoms with Gasteiger partial charge in [0.15, 0.2) is 0 Å². The van der Waals surface area contributed by atoms with Gasteiger partial charge < -0.3 is 20.1 Å². The van der Waals surface area contributed by atoms with Gasteiger partial charge in [-0.15, -0.1) is 0 Å². The maximum atomic E-state index is 12.9. The number of carbonyl (C=O) groups excluding carboxylic acids is 3. The van der Waals surface area contributed by atoms with Crippen molar-refractivity contribution < 1.29 is 29.4 Å². The number of rotatable bonds is 10. The van der Waals surface area contributed by atoms with Crippen molar-refractivity contribution in [3.8, 4) is 0 Å². The second-order valence-electron chi connectivity index (χ2n) is 6.14. The largest absolute Gasteiger partial charge is 0.383 e. The summed E-state index contributed by atoms with van der Waals surface area (Å²) in [6.45, 7) is 3.06. The number of nitrogens with one attached hydrogen (secondary N) is 2. The number of nitrogens with zero attached hydrogens (tertiary/aromatic N) is 1. The lowest BCUT2D eigenvalue weighted by Crippen LogP contribution is -2.52. The van der Waals surface area contributed by atoms with Crippen LogP contribution in [0.1, 0.15) is 39.0 Å². The van der Waals surface area contributed by atoms with E-state index in [0.717, 1.165) is 6.42 Å². The number of carbonyl (C=O) groups is 3. The highest BCUT2D eigenvalue weighted by Crippen LogP contribution is 2.24. The molecule has 144 valence electrons. The van der Waals surface area contributed by atoms with E-state index in [2.05, 4.69) is 5.32 Å². The van der Waals surface area contributed by atoms with Crippen molar-refractivity contribution in [1.82, 2.24) is 15.7 Å². The quantitative estimate of drug-likeness (QED) is 0.235. The zero-order valence-corrected chi connectivity index (χ0v) is 14.9. The van der Waals surface area contributed by atoms with Gasteiger partial charge in [-0.05, 0) is 19.3 Å². The molecule has 0 aromatic carbocycles. The minimum atomic E-state index is -1.65. The Labute approximate surface area is 147 Å². The van der Waals surface area contributed by atoms with E-state index in [9.17, 15) is 19.5 Å². The second-order valence-corrected chi connectivity index (χ2v) is 6.14. The molecular weight excluding hydrogens is 330 g/mol. The Hall–Kier alpha value is -1.71. The predicted molar refractivity (Wildman–Crippen MR) is 88.6 cm³/mol. The van der Waals surface area contributed by atoms with E-state index in [1.165, 1.54) is 17.5 Å². The molecule has 1 rings (SSSR count). The van der Waals surface area contributed by atoms with Gasteiger partial charge in [-0.2, -0.15) is 0 Å². The van der Waals surface area contributed by atoms with Gasteiger partial charge in [-0.1, -0.05) is 19.8 Å². The number of likely N-dealkylation sites (tertiary alicyclic amines) is 1. The summed E-state index contributed by atoms with van der Waals surface area (Å²) < 4.78 is 4.89. The maximum Gasteiger partial charge on any atom is 0.272 e. The smallest absolute Gasteiger partial charge is 0.272 e. The zero-order valence-electron chi connectivity index (χ0n) is 14.9. The fraction of sp³-hybridized carbons (Fsp3) is 0.812. The first-order valence-electron chi connectivity index (χ1n) is 8.67. The van der Waals surface area contributed by atoms with Crippen molar-refractivity contribution in [2.24, 2.45) is 5.92 Å². The highest BCUT2D eigenvalue weighted by molar-refractivity contribution is 5.92. The van der Waals surface area contributed by atoms with Crippen LogP contribution < -0.4 is 10.8 Å². The Balaban J connectivity index is 2.82. The summed E-state index contributed by atoms with van der Waals surface area (Å²) in [7, 11) is 1.53. The molecule has 0 aromatic heterocycles. The summed E-state index contributed by atoms with van der Waals surface area (Å²) in [6, 6.07) is -0.613. The van der Waals surface area contributed by atoms with Crippen molar-refractivity contribution in [2.45, 2.75) is 51.2 Å². The molecule has 1 aliphatic heterocycles. The molecule has 3 amide bonds. The molecule has 3 atom stereocenters. The average molecular weight is 359 g/mol. The zero-order chi connectivity index (χ0) is 18.8. The van der Waals surface area contributed by atoms with Crippen molar-refractivity contribution in [3.63, 3.8) is 0 Å². The molecule has 4 N–H and O–H groups in total. The number of unbranched alkanes of at least 4 members (excludes halogenated alkanes) is 1. The fourth-order valence-corrected chi connectivity index (χ4v) is 3.00. The number of methoxy groups -OCH3 is 1. The van der Waals surface area contributed by atoms with E-state index in [0.29, 0.717) is 45.4 Å². The van der Waals surface area contributed by atoms with Gasteiger partial charge in [0.1, 0.15) is 12.1 Å². The third-order valence-corrected chi connectivity index (χ3v) is 4.39. The highest BCUT2D eigenvalue weighted by Gasteiger charge is 2.40. The molecule has 0 aromatic rings. The number of aliphatic hydroxyl groups is 1. The Morgan fingerprint density at radius 1 is 1.36 bits per heavy atom. The van der Waals surface area contributed by atoms with Gasteiger partial charge >= 0.3 is 0 Å². The summed E-state index contributed by atoms with van der Waals surface area (Å²) in [4.78, 5) is 38.1. The van der Waals surface area contributed by atoms with Crippen molar-refractivity contribution >= 4 is 17.7 Å². The van der Waals surface area contributed by atoms with Crippen molar-refractivity contribution in [1.29, 1.82) is 0 Å². The molecule has 1 heterocycles. The van der Waals surface area contributed by atoms with E-state index in [-0.39, 0.29) is 5.91 Å². The van der Waals surface area contributed by atoms with Crippen molar-refractivity contribution in [2.75, 3.05) is 26.8 Å². The van der Waals surface area contributed by atoms with E-state index < -0.39 is 29.9 Å². The van der Waals surface area contributed by atoms with Gasteiger partial charge in [0.05, 0.1) is 12.5 Å². The molecule has 0 bridgehead atoms. The molecule has 9 heteroatoms. The van der Waals surface area contributed by atoms with Crippen LogP contribution in [-0.2, 0) is 19.1 Å². The normalized spacial score (nSPS) is 19.4. The lowest BCUT2D eigenvalue weighted by Gasteiger charge is -2.30.